The van der Waals surface area contributed by atoms with Crippen molar-refractivity contribution in [3.05, 3.63) is 0 Å². The van der Waals surface area contributed by atoms with Gasteiger partial charge in [-0.15, -0.1) is 0 Å². The molecule has 0 saturated heterocycles. The first kappa shape index (κ1) is 24.9. The molecular weight excluding hydrogens is 332 g/mol. The zero-order valence-corrected chi connectivity index (χ0v) is 17.2. The van der Waals surface area contributed by atoms with Crippen LogP contribution in [0.1, 0.15) is 90.9 Å². The molecule has 0 aromatic heterocycles. The minimum atomic E-state index is -0.0845. The molecule has 5 heteroatoms. The van der Waals surface area contributed by atoms with Crippen LogP contribution in [0.15, 0.2) is 0 Å². The maximum atomic E-state index is 11.7. The number of hydrogen-bond donors (Lipinski definition) is 0. The van der Waals surface area contributed by atoms with Gasteiger partial charge in [0.15, 0.2) is 0 Å². The van der Waals surface area contributed by atoms with E-state index in [1.165, 1.54) is 0 Å². The van der Waals surface area contributed by atoms with E-state index in [-0.39, 0.29) is 11.9 Å². The molecule has 0 rings (SSSR count). The summed E-state index contributed by atoms with van der Waals surface area (Å²) in [6, 6.07) is 0. The Kier molecular flexibility index (Phi) is 17.9. The predicted molar refractivity (Wildman–Crippen MR) is 104 cm³/mol. The van der Waals surface area contributed by atoms with Gasteiger partial charge in [0.2, 0.25) is 0 Å². The summed E-state index contributed by atoms with van der Waals surface area (Å²) in [5, 5.41) is 0. The topological polar surface area (TPSA) is 61.8 Å². The van der Waals surface area contributed by atoms with Gasteiger partial charge < -0.3 is 14.2 Å². The van der Waals surface area contributed by atoms with Crippen LogP contribution < -0.4 is 0 Å². The van der Waals surface area contributed by atoms with E-state index >= 15 is 0 Å². The predicted octanol–water partition coefficient (Wildman–Crippen LogP) is 5.06. The first-order valence-electron chi connectivity index (χ1n) is 10.4. The number of carbonyl (C=O) groups is 2. The van der Waals surface area contributed by atoms with Crippen molar-refractivity contribution in [3.63, 3.8) is 0 Å². The minimum Gasteiger partial charge on any atom is -0.466 e. The number of hydrogen-bond acceptors (Lipinski definition) is 5. The van der Waals surface area contributed by atoms with Crippen LogP contribution in [-0.2, 0) is 23.8 Å². The minimum absolute atomic E-state index is 0.0715. The van der Waals surface area contributed by atoms with E-state index in [1.807, 2.05) is 0 Å². The standard InChI is InChI=1S/C21H40O5/c1-4-5-16-25-20(22)12-10-8-6-7-9-11-13-21(23)26-18-15-19(2)14-17-24-3/h19H,4-18H2,1-3H3. The summed E-state index contributed by atoms with van der Waals surface area (Å²) in [6.07, 6.45) is 11.0. The van der Waals surface area contributed by atoms with Crippen LogP contribution in [0.2, 0.25) is 0 Å². The van der Waals surface area contributed by atoms with Gasteiger partial charge in [-0.3, -0.25) is 9.59 Å². The second kappa shape index (κ2) is 18.7. The van der Waals surface area contributed by atoms with Crippen LogP contribution in [0.5, 0.6) is 0 Å². The normalized spacial score (nSPS) is 12.0. The first-order chi connectivity index (χ1) is 12.6. The number of methoxy groups -OCH3 is 1. The highest BCUT2D eigenvalue weighted by molar-refractivity contribution is 5.69. The lowest BCUT2D eigenvalue weighted by molar-refractivity contribution is -0.145. The van der Waals surface area contributed by atoms with Gasteiger partial charge in [0.25, 0.3) is 0 Å². The van der Waals surface area contributed by atoms with Crippen LogP contribution in [0.4, 0.5) is 0 Å². The maximum Gasteiger partial charge on any atom is 0.305 e. The van der Waals surface area contributed by atoms with Crippen molar-refractivity contribution in [2.24, 2.45) is 5.92 Å². The lowest BCUT2D eigenvalue weighted by Crippen LogP contribution is -2.09. The Labute approximate surface area is 160 Å². The molecule has 0 aliphatic heterocycles. The van der Waals surface area contributed by atoms with E-state index in [0.717, 1.165) is 70.8 Å². The summed E-state index contributed by atoms with van der Waals surface area (Å²) in [5.41, 5.74) is 0. The molecule has 0 spiro atoms. The molecule has 0 amide bonds. The van der Waals surface area contributed by atoms with Crippen molar-refractivity contribution >= 4 is 11.9 Å². The van der Waals surface area contributed by atoms with E-state index in [2.05, 4.69) is 13.8 Å². The molecule has 0 aromatic rings. The molecule has 26 heavy (non-hydrogen) atoms. The zero-order valence-electron chi connectivity index (χ0n) is 17.2. The van der Waals surface area contributed by atoms with Crippen LogP contribution in [0.25, 0.3) is 0 Å². The fourth-order valence-corrected chi connectivity index (χ4v) is 2.56. The van der Waals surface area contributed by atoms with Gasteiger partial charge in [-0.05, 0) is 38.0 Å². The largest absolute Gasteiger partial charge is 0.466 e. The first-order valence-corrected chi connectivity index (χ1v) is 10.4. The van der Waals surface area contributed by atoms with Gasteiger partial charge >= 0.3 is 11.9 Å². The van der Waals surface area contributed by atoms with Crippen molar-refractivity contribution in [2.45, 2.75) is 90.9 Å². The molecule has 0 bridgehead atoms. The lowest BCUT2D eigenvalue weighted by atomic mass is 10.1. The molecule has 0 aliphatic carbocycles. The number of esters is 2. The summed E-state index contributed by atoms with van der Waals surface area (Å²) in [5.74, 6) is 0.364. The van der Waals surface area contributed by atoms with Crippen molar-refractivity contribution < 1.29 is 23.8 Å². The third-order valence-corrected chi connectivity index (χ3v) is 4.46. The van der Waals surface area contributed by atoms with Crippen LogP contribution in [0, 0.1) is 5.92 Å². The van der Waals surface area contributed by atoms with Crippen molar-refractivity contribution in [1.29, 1.82) is 0 Å². The van der Waals surface area contributed by atoms with Crippen molar-refractivity contribution in [3.8, 4) is 0 Å². The SMILES string of the molecule is CCCCOC(=O)CCCCCCCCC(=O)OCCC(C)CCOC. The van der Waals surface area contributed by atoms with Crippen molar-refractivity contribution in [1.82, 2.24) is 0 Å². The third-order valence-electron chi connectivity index (χ3n) is 4.46. The van der Waals surface area contributed by atoms with E-state index in [4.69, 9.17) is 14.2 Å². The second-order valence-electron chi connectivity index (χ2n) is 7.09. The fourth-order valence-electron chi connectivity index (χ4n) is 2.56. The Balaban J connectivity index is 3.33. The Morgan fingerprint density at radius 1 is 0.731 bits per heavy atom. The molecule has 0 aliphatic rings. The van der Waals surface area contributed by atoms with Gasteiger partial charge in [-0.25, -0.2) is 0 Å². The van der Waals surface area contributed by atoms with Crippen molar-refractivity contribution in [2.75, 3.05) is 26.9 Å². The molecule has 5 nitrogen and oxygen atoms in total. The molecule has 0 heterocycles. The average Bonchev–Trinajstić information content (AvgIpc) is 2.62. The summed E-state index contributed by atoms with van der Waals surface area (Å²) in [7, 11) is 1.70. The Morgan fingerprint density at radius 3 is 1.77 bits per heavy atom. The van der Waals surface area contributed by atoms with E-state index in [9.17, 15) is 9.59 Å². The number of rotatable bonds is 18. The smallest absolute Gasteiger partial charge is 0.305 e. The number of unbranched alkanes of at least 4 members (excludes halogenated alkanes) is 6. The monoisotopic (exact) mass is 372 g/mol. The highest BCUT2D eigenvalue weighted by atomic mass is 16.5. The molecule has 0 fully saturated rings. The van der Waals surface area contributed by atoms with Gasteiger partial charge in [-0.2, -0.15) is 0 Å². The van der Waals surface area contributed by atoms with Gasteiger partial charge in [0.05, 0.1) is 13.2 Å². The maximum absolute atomic E-state index is 11.7. The second-order valence-corrected chi connectivity index (χ2v) is 7.09. The molecule has 0 saturated carbocycles. The Bertz CT molecular complexity index is 343. The molecule has 0 N–H and O–H groups in total. The highest BCUT2D eigenvalue weighted by Crippen LogP contribution is 2.11. The average molecular weight is 373 g/mol. The Hall–Kier alpha value is -1.10. The van der Waals surface area contributed by atoms with E-state index in [0.29, 0.717) is 32.0 Å². The van der Waals surface area contributed by atoms with Gasteiger partial charge in [0, 0.05) is 26.6 Å². The van der Waals surface area contributed by atoms with E-state index in [1.54, 1.807) is 7.11 Å². The van der Waals surface area contributed by atoms with Crippen LogP contribution >= 0.6 is 0 Å². The molecule has 154 valence electrons. The molecular formula is C21H40O5. The Morgan fingerprint density at radius 2 is 1.23 bits per heavy atom. The van der Waals surface area contributed by atoms with Crippen LogP contribution in [-0.4, -0.2) is 38.9 Å². The quantitative estimate of drug-likeness (QED) is 0.249. The summed E-state index contributed by atoms with van der Waals surface area (Å²) >= 11 is 0. The fraction of sp³-hybridized carbons (Fsp3) is 0.905. The van der Waals surface area contributed by atoms with Gasteiger partial charge in [0.1, 0.15) is 0 Å². The molecule has 1 atom stereocenters. The summed E-state index contributed by atoms with van der Waals surface area (Å²) in [4.78, 5) is 23.1. The van der Waals surface area contributed by atoms with E-state index < -0.39 is 0 Å². The number of ether oxygens (including phenoxy) is 3. The summed E-state index contributed by atoms with van der Waals surface area (Å²) < 4.78 is 15.4. The summed E-state index contributed by atoms with van der Waals surface area (Å²) in [6.45, 7) is 6.06. The lowest BCUT2D eigenvalue weighted by Gasteiger charge is -2.11. The third kappa shape index (κ3) is 17.7. The van der Waals surface area contributed by atoms with Crippen LogP contribution in [0.3, 0.4) is 0 Å². The zero-order chi connectivity index (χ0) is 19.5. The molecule has 1 unspecified atom stereocenters. The molecule has 0 radical (unpaired) electrons. The van der Waals surface area contributed by atoms with Gasteiger partial charge in [-0.1, -0.05) is 46.0 Å². The molecule has 0 aromatic carbocycles. The number of carbonyl (C=O) groups excluding carboxylic acids is 2. The highest BCUT2D eigenvalue weighted by Gasteiger charge is 2.06.